The van der Waals surface area contributed by atoms with Crippen LogP contribution in [0.4, 0.5) is 10.5 Å². The van der Waals surface area contributed by atoms with E-state index >= 15 is 0 Å². The van der Waals surface area contributed by atoms with Gasteiger partial charge in [0.2, 0.25) is 5.96 Å². The van der Waals surface area contributed by atoms with Crippen molar-refractivity contribution in [1.29, 1.82) is 0 Å². The molecule has 168 valence electrons. The quantitative estimate of drug-likeness (QED) is 0.721. The first-order chi connectivity index (χ1) is 15.9. The van der Waals surface area contributed by atoms with Crippen LogP contribution in [0.1, 0.15) is 23.6 Å². The van der Waals surface area contributed by atoms with Crippen LogP contribution < -0.4 is 4.90 Å². The molecular formula is C26H27N5O2. The summed E-state index contributed by atoms with van der Waals surface area (Å²) in [6, 6.07) is 15.2. The number of nitrogens with zero attached hydrogens (tertiary/aromatic N) is 5. The maximum atomic E-state index is 13.5. The Bertz CT molecular complexity index is 1220. The summed E-state index contributed by atoms with van der Waals surface area (Å²) in [5.74, 6) is 0.454. The Morgan fingerprint density at radius 2 is 1.79 bits per heavy atom. The van der Waals surface area contributed by atoms with E-state index in [1.165, 1.54) is 10.5 Å². The number of guanidine groups is 1. The second-order valence-corrected chi connectivity index (χ2v) is 8.75. The zero-order chi connectivity index (χ0) is 23.3. The molecule has 1 saturated heterocycles. The summed E-state index contributed by atoms with van der Waals surface area (Å²) in [4.78, 5) is 38.2. The monoisotopic (exact) mass is 441 g/mol. The first kappa shape index (κ1) is 21.0. The van der Waals surface area contributed by atoms with Crippen LogP contribution in [0.25, 0.3) is 6.08 Å². The zero-order valence-corrected chi connectivity index (χ0v) is 19.3. The van der Waals surface area contributed by atoms with E-state index in [9.17, 15) is 9.59 Å². The molecule has 5 rings (SSSR count). The summed E-state index contributed by atoms with van der Waals surface area (Å²) in [5, 5.41) is 0. The number of carbonyl (C=O) groups is 2. The summed E-state index contributed by atoms with van der Waals surface area (Å²) in [7, 11) is 1.71. The van der Waals surface area contributed by atoms with E-state index in [0.717, 1.165) is 22.5 Å². The van der Waals surface area contributed by atoms with Crippen molar-refractivity contribution in [3.05, 3.63) is 83.2 Å². The number of benzene rings is 2. The van der Waals surface area contributed by atoms with Gasteiger partial charge in [-0.2, -0.15) is 0 Å². The zero-order valence-electron chi connectivity index (χ0n) is 19.3. The van der Waals surface area contributed by atoms with Gasteiger partial charge >= 0.3 is 6.03 Å². The van der Waals surface area contributed by atoms with Gasteiger partial charge in [0.1, 0.15) is 0 Å². The predicted octanol–water partition coefficient (Wildman–Crippen LogP) is 3.96. The fraction of sp³-hybridized carbons (Fsp3) is 0.269. The largest absolute Gasteiger partial charge is 0.328 e. The van der Waals surface area contributed by atoms with Crippen LogP contribution in [0.2, 0.25) is 0 Å². The number of allylic oxidation sites excluding steroid dienone is 1. The molecule has 1 fully saturated rings. The molecule has 0 aromatic heterocycles. The van der Waals surface area contributed by atoms with Gasteiger partial charge in [0.15, 0.2) is 12.2 Å². The van der Waals surface area contributed by atoms with Crippen molar-refractivity contribution < 1.29 is 9.59 Å². The number of carbonyl (C=O) groups excluding carboxylic acids is 2. The predicted molar refractivity (Wildman–Crippen MR) is 129 cm³/mol. The molecule has 0 N–H and O–H groups in total. The Labute approximate surface area is 193 Å². The molecule has 3 aliphatic heterocycles. The van der Waals surface area contributed by atoms with Gasteiger partial charge in [-0.05, 0) is 38.0 Å². The van der Waals surface area contributed by atoms with Crippen molar-refractivity contribution in [2.75, 3.05) is 18.5 Å². The number of likely N-dealkylation sites (N-methyl/N-ethyl adjacent to an activating group) is 1. The van der Waals surface area contributed by atoms with Crippen LogP contribution >= 0.6 is 0 Å². The smallest absolute Gasteiger partial charge is 0.302 e. The average Bonchev–Trinajstić information content (AvgIpc) is 3.30. The van der Waals surface area contributed by atoms with Gasteiger partial charge in [0, 0.05) is 25.5 Å². The van der Waals surface area contributed by atoms with Gasteiger partial charge in [-0.3, -0.25) is 14.6 Å². The van der Waals surface area contributed by atoms with Gasteiger partial charge < -0.3 is 9.80 Å². The lowest BCUT2D eigenvalue weighted by atomic mass is 10.1. The lowest BCUT2D eigenvalue weighted by Crippen LogP contribution is -2.64. The maximum absolute atomic E-state index is 13.5. The number of aryl methyl sites for hydroxylation is 2. The fourth-order valence-electron chi connectivity index (χ4n) is 4.73. The highest BCUT2D eigenvalue weighted by Crippen LogP contribution is 2.37. The Morgan fingerprint density at radius 1 is 1.03 bits per heavy atom. The molecule has 7 heteroatoms. The first-order valence-corrected chi connectivity index (χ1v) is 11.1. The number of rotatable bonds is 4. The van der Waals surface area contributed by atoms with Crippen molar-refractivity contribution in [3.8, 4) is 0 Å². The SMILES string of the molecule is CC1=CN2C(=NC3C2C(=O)N(C/C=C/c2ccccc2)C(=O)N3C)N1c1ccc(C)cc1C. The molecule has 7 nitrogen and oxygen atoms in total. The van der Waals surface area contributed by atoms with Gasteiger partial charge in [-0.1, -0.05) is 60.2 Å². The summed E-state index contributed by atoms with van der Waals surface area (Å²) in [6.07, 6.45) is 5.18. The number of amides is 3. The van der Waals surface area contributed by atoms with Crippen molar-refractivity contribution in [2.24, 2.45) is 4.99 Å². The molecule has 2 aromatic rings. The lowest BCUT2D eigenvalue weighted by molar-refractivity contribution is -0.136. The second kappa shape index (κ2) is 7.92. The highest BCUT2D eigenvalue weighted by molar-refractivity contribution is 6.10. The third kappa shape index (κ3) is 3.40. The summed E-state index contributed by atoms with van der Waals surface area (Å²) in [5.41, 5.74) is 5.36. The van der Waals surface area contributed by atoms with Crippen LogP contribution in [0.5, 0.6) is 0 Å². The molecule has 3 heterocycles. The Hall–Kier alpha value is -3.87. The summed E-state index contributed by atoms with van der Waals surface area (Å²) in [6.45, 7) is 6.37. The molecule has 3 aliphatic rings. The standard InChI is InChI=1S/C26H27N5O2/c1-17-12-13-21(18(2)15-17)31-19(3)16-30-22-23(27-25(30)31)28(4)26(33)29(24(22)32)14-8-11-20-9-6-5-7-10-20/h5-13,15-16,22-23H,14H2,1-4H3/b11-8+. The number of aliphatic imine (C=N–C) groups is 1. The van der Waals surface area contributed by atoms with E-state index in [4.69, 9.17) is 4.99 Å². The number of hydrogen-bond acceptors (Lipinski definition) is 5. The van der Waals surface area contributed by atoms with E-state index in [1.54, 1.807) is 11.9 Å². The molecule has 2 aromatic carbocycles. The summed E-state index contributed by atoms with van der Waals surface area (Å²) >= 11 is 0. The van der Waals surface area contributed by atoms with E-state index in [-0.39, 0.29) is 18.5 Å². The average molecular weight is 442 g/mol. The third-order valence-electron chi connectivity index (χ3n) is 6.38. The number of fused-ring (bicyclic) bond motifs is 3. The minimum Gasteiger partial charge on any atom is -0.302 e. The van der Waals surface area contributed by atoms with Crippen LogP contribution in [-0.4, -0.2) is 58.4 Å². The molecule has 2 atom stereocenters. The number of anilines is 1. The minimum atomic E-state index is -0.571. The van der Waals surface area contributed by atoms with E-state index in [0.29, 0.717) is 5.96 Å². The fourth-order valence-corrected chi connectivity index (χ4v) is 4.73. The second-order valence-electron chi connectivity index (χ2n) is 8.75. The van der Waals surface area contributed by atoms with Crippen LogP contribution in [0.3, 0.4) is 0 Å². The third-order valence-corrected chi connectivity index (χ3v) is 6.38. The Morgan fingerprint density at radius 3 is 2.52 bits per heavy atom. The van der Waals surface area contributed by atoms with Gasteiger partial charge in [-0.25, -0.2) is 9.79 Å². The normalized spacial score (nSPS) is 22.2. The van der Waals surface area contributed by atoms with Crippen molar-refractivity contribution in [3.63, 3.8) is 0 Å². The van der Waals surface area contributed by atoms with E-state index in [2.05, 4.69) is 36.9 Å². The highest BCUT2D eigenvalue weighted by atomic mass is 16.2. The first-order valence-electron chi connectivity index (χ1n) is 11.1. The van der Waals surface area contributed by atoms with E-state index < -0.39 is 12.2 Å². The van der Waals surface area contributed by atoms with Gasteiger partial charge in [0.25, 0.3) is 5.91 Å². The molecule has 0 bridgehead atoms. The molecule has 0 radical (unpaired) electrons. The minimum absolute atomic E-state index is 0.215. The number of hydrogen-bond donors (Lipinski definition) is 0. The Kier molecular flexibility index (Phi) is 5.04. The van der Waals surface area contributed by atoms with Crippen LogP contribution in [0, 0.1) is 13.8 Å². The van der Waals surface area contributed by atoms with E-state index in [1.807, 2.05) is 60.5 Å². The molecule has 0 spiro atoms. The maximum Gasteiger partial charge on any atom is 0.328 e. The van der Waals surface area contributed by atoms with Crippen molar-refractivity contribution in [1.82, 2.24) is 14.7 Å². The molecule has 3 amide bonds. The Balaban J connectivity index is 1.42. The molecule has 33 heavy (non-hydrogen) atoms. The molecule has 2 unspecified atom stereocenters. The van der Waals surface area contributed by atoms with Crippen molar-refractivity contribution in [2.45, 2.75) is 33.0 Å². The molecular weight excluding hydrogens is 414 g/mol. The number of urea groups is 1. The molecule has 0 saturated carbocycles. The highest BCUT2D eigenvalue weighted by Gasteiger charge is 2.54. The number of imide groups is 1. The van der Waals surface area contributed by atoms with Crippen LogP contribution in [0.15, 0.2) is 71.5 Å². The van der Waals surface area contributed by atoms with Crippen molar-refractivity contribution >= 4 is 29.7 Å². The lowest BCUT2D eigenvalue weighted by Gasteiger charge is -2.39. The van der Waals surface area contributed by atoms with Gasteiger partial charge in [0.05, 0.1) is 5.69 Å². The topological polar surface area (TPSA) is 59.5 Å². The summed E-state index contributed by atoms with van der Waals surface area (Å²) < 4.78 is 0. The molecule has 0 aliphatic carbocycles. The van der Waals surface area contributed by atoms with Gasteiger partial charge in [-0.15, -0.1) is 0 Å². The van der Waals surface area contributed by atoms with Crippen LogP contribution in [-0.2, 0) is 4.79 Å².